The zero-order valence-electron chi connectivity index (χ0n) is 18.7. The molecule has 1 amide bonds. The highest BCUT2D eigenvalue weighted by Gasteiger charge is 2.28. The van der Waals surface area contributed by atoms with E-state index < -0.39 is 22.0 Å². The van der Waals surface area contributed by atoms with Crippen LogP contribution in [-0.4, -0.2) is 27.5 Å². The second kappa shape index (κ2) is 10.6. The largest absolute Gasteiger partial charge is 0.497 e. The smallest absolute Gasteiger partial charge is 0.241 e. The SMILES string of the molecule is COc1cccc(CNC(=O)[C@H](NS(=O)(=O)c2ccc(-c3ccc(F)cc3)cc2)C(C)C)c1. The van der Waals surface area contributed by atoms with E-state index in [1.54, 1.807) is 57.4 Å². The van der Waals surface area contributed by atoms with Gasteiger partial charge in [-0.25, -0.2) is 12.8 Å². The molecule has 0 fully saturated rings. The van der Waals surface area contributed by atoms with Crippen LogP contribution in [-0.2, 0) is 21.4 Å². The number of methoxy groups -OCH3 is 1. The van der Waals surface area contributed by atoms with Crippen LogP contribution >= 0.6 is 0 Å². The summed E-state index contributed by atoms with van der Waals surface area (Å²) in [5.41, 5.74) is 2.36. The average molecular weight is 471 g/mol. The number of ether oxygens (including phenoxy) is 1. The number of nitrogens with one attached hydrogen (secondary N) is 2. The minimum Gasteiger partial charge on any atom is -0.497 e. The van der Waals surface area contributed by atoms with Crippen molar-refractivity contribution in [3.63, 3.8) is 0 Å². The van der Waals surface area contributed by atoms with Gasteiger partial charge in [-0.3, -0.25) is 4.79 Å². The molecule has 1 atom stereocenters. The molecule has 0 aliphatic carbocycles. The number of hydrogen-bond donors (Lipinski definition) is 2. The average Bonchev–Trinajstić information content (AvgIpc) is 2.81. The molecule has 0 aromatic heterocycles. The highest BCUT2D eigenvalue weighted by Crippen LogP contribution is 2.22. The molecule has 0 heterocycles. The van der Waals surface area contributed by atoms with Crippen molar-refractivity contribution >= 4 is 15.9 Å². The fourth-order valence-electron chi connectivity index (χ4n) is 3.28. The van der Waals surface area contributed by atoms with Crippen LogP contribution in [0, 0.1) is 11.7 Å². The Morgan fingerprint density at radius 1 is 0.970 bits per heavy atom. The van der Waals surface area contributed by atoms with E-state index in [1.165, 1.54) is 24.3 Å². The molecule has 0 radical (unpaired) electrons. The molecule has 0 saturated heterocycles. The molecule has 6 nitrogen and oxygen atoms in total. The van der Waals surface area contributed by atoms with Gasteiger partial charge in [-0.2, -0.15) is 4.72 Å². The van der Waals surface area contributed by atoms with E-state index in [2.05, 4.69) is 10.0 Å². The lowest BCUT2D eigenvalue weighted by Crippen LogP contribution is -2.49. The van der Waals surface area contributed by atoms with Crippen molar-refractivity contribution in [2.75, 3.05) is 7.11 Å². The fraction of sp³-hybridized carbons (Fsp3) is 0.240. The van der Waals surface area contributed by atoms with Crippen LogP contribution in [0.15, 0.2) is 77.7 Å². The van der Waals surface area contributed by atoms with Gasteiger partial charge in [0.1, 0.15) is 17.6 Å². The molecule has 0 saturated carbocycles. The molecule has 3 aromatic rings. The van der Waals surface area contributed by atoms with E-state index in [9.17, 15) is 17.6 Å². The molecule has 33 heavy (non-hydrogen) atoms. The summed E-state index contributed by atoms with van der Waals surface area (Å²) in [6.45, 7) is 3.79. The standard InChI is InChI=1S/C25H27FN2O4S/c1-17(2)24(25(29)27-16-18-5-4-6-22(15-18)32-3)28-33(30,31)23-13-9-20(10-14-23)19-7-11-21(26)12-8-19/h4-15,17,24,28H,16H2,1-3H3,(H,27,29)/t24-/m1/s1. The van der Waals surface area contributed by atoms with Gasteiger partial charge in [0.25, 0.3) is 0 Å². The first-order chi connectivity index (χ1) is 15.7. The van der Waals surface area contributed by atoms with Crippen molar-refractivity contribution in [2.45, 2.75) is 31.3 Å². The quantitative estimate of drug-likeness (QED) is 0.493. The zero-order valence-corrected chi connectivity index (χ0v) is 19.5. The molecule has 0 aliphatic heterocycles. The third-order valence-electron chi connectivity index (χ3n) is 5.17. The Labute approximate surface area is 193 Å². The molecular formula is C25H27FN2O4S. The normalized spacial score (nSPS) is 12.4. The summed E-state index contributed by atoms with van der Waals surface area (Å²) < 4.78 is 46.7. The number of benzene rings is 3. The van der Waals surface area contributed by atoms with Gasteiger partial charge in [0, 0.05) is 6.54 Å². The first kappa shape index (κ1) is 24.4. The minimum absolute atomic E-state index is 0.0413. The number of carbonyl (C=O) groups excluding carboxylic acids is 1. The van der Waals surface area contributed by atoms with Crippen molar-refractivity contribution in [1.82, 2.24) is 10.0 Å². The number of carbonyl (C=O) groups is 1. The van der Waals surface area contributed by atoms with Gasteiger partial charge in [-0.15, -0.1) is 0 Å². The third kappa shape index (κ3) is 6.40. The Morgan fingerprint density at radius 3 is 2.15 bits per heavy atom. The summed E-state index contributed by atoms with van der Waals surface area (Å²) in [7, 11) is -2.38. The molecule has 2 N–H and O–H groups in total. The molecule has 3 aromatic carbocycles. The van der Waals surface area contributed by atoms with E-state index in [0.29, 0.717) is 5.75 Å². The van der Waals surface area contributed by atoms with Gasteiger partial charge in [0.2, 0.25) is 15.9 Å². The molecule has 0 unspecified atom stereocenters. The lowest BCUT2D eigenvalue weighted by Gasteiger charge is -2.22. The lowest BCUT2D eigenvalue weighted by atomic mass is 10.0. The van der Waals surface area contributed by atoms with E-state index in [1.807, 2.05) is 12.1 Å². The number of rotatable bonds is 9. The van der Waals surface area contributed by atoms with Crippen LogP contribution in [0.5, 0.6) is 5.75 Å². The van der Waals surface area contributed by atoms with Crippen molar-refractivity contribution < 1.29 is 22.3 Å². The Kier molecular flexibility index (Phi) is 7.84. The maximum absolute atomic E-state index is 13.1. The molecular weight excluding hydrogens is 443 g/mol. The van der Waals surface area contributed by atoms with Crippen LogP contribution < -0.4 is 14.8 Å². The van der Waals surface area contributed by atoms with Gasteiger partial charge in [0.05, 0.1) is 12.0 Å². The summed E-state index contributed by atoms with van der Waals surface area (Å²) in [6.07, 6.45) is 0. The highest BCUT2D eigenvalue weighted by molar-refractivity contribution is 7.89. The maximum Gasteiger partial charge on any atom is 0.241 e. The predicted octanol–water partition coefficient (Wildman–Crippen LogP) is 4.12. The van der Waals surface area contributed by atoms with Crippen LogP contribution in [0.1, 0.15) is 19.4 Å². The van der Waals surface area contributed by atoms with Gasteiger partial charge in [-0.05, 0) is 59.0 Å². The van der Waals surface area contributed by atoms with Crippen LogP contribution in [0.4, 0.5) is 4.39 Å². The Morgan fingerprint density at radius 2 is 1.58 bits per heavy atom. The van der Waals surface area contributed by atoms with E-state index in [0.717, 1.165) is 16.7 Å². The van der Waals surface area contributed by atoms with E-state index in [4.69, 9.17) is 4.74 Å². The summed E-state index contributed by atoms with van der Waals surface area (Å²) in [4.78, 5) is 12.8. The van der Waals surface area contributed by atoms with Gasteiger partial charge < -0.3 is 10.1 Å². The molecule has 8 heteroatoms. The van der Waals surface area contributed by atoms with Crippen LogP contribution in [0.2, 0.25) is 0 Å². The van der Waals surface area contributed by atoms with Crippen molar-refractivity contribution in [2.24, 2.45) is 5.92 Å². The third-order valence-corrected chi connectivity index (χ3v) is 6.63. The topological polar surface area (TPSA) is 84.5 Å². The zero-order chi connectivity index (χ0) is 24.0. The molecule has 3 rings (SSSR count). The maximum atomic E-state index is 13.1. The van der Waals surface area contributed by atoms with E-state index >= 15 is 0 Å². The number of halogens is 1. The minimum atomic E-state index is -3.94. The van der Waals surface area contributed by atoms with Crippen molar-refractivity contribution in [3.05, 3.63) is 84.2 Å². The Balaban J connectivity index is 1.70. The Bertz CT molecular complexity index is 1190. The van der Waals surface area contributed by atoms with Crippen molar-refractivity contribution in [1.29, 1.82) is 0 Å². The number of amides is 1. The molecule has 174 valence electrons. The van der Waals surface area contributed by atoms with Gasteiger partial charge in [0.15, 0.2) is 0 Å². The molecule has 0 spiro atoms. The summed E-state index contributed by atoms with van der Waals surface area (Å²) in [5.74, 6) is -0.360. The molecule has 0 aliphatic rings. The second-order valence-corrected chi connectivity index (χ2v) is 9.66. The summed E-state index contributed by atoms with van der Waals surface area (Å²) >= 11 is 0. The van der Waals surface area contributed by atoms with Crippen LogP contribution in [0.25, 0.3) is 11.1 Å². The summed E-state index contributed by atoms with van der Waals surface area (Å²) in [5, 5.41) is 2.79. The van der Waals surface area contributed by atoms with Crippen LogP contribution in [0.3, 0.4) is 0 Å². The summed E-state index contributed by atoms with van der Waals surface area (Å²) in [6, 6.07) is 18.5. The molecule has 0 bridgehead atoms. The first-order valence-corrected chi connectivity index (χ1v) is 12.0. The van der Waals surface area contributed by atoms with Gasteiger partial charge in [-0.1, -0.05) is 50.2 Å². The van der Waals surface area contributed by atoms with Crippen molar-refractivity contribution in [3.8, 4) is 16.9 Å². The fourth-order valence-corrected chi connectivity index (χ4v) is 4.62. The Hall–Kier alpha value is -3.23. The monoisotopic (exact) mass is 470 g/mol. The highest BCUT2D eigenvalue weighted by atomic mass is 32.2. The number of sulfonamides is 1. The van der Waals surface area contributed by atoms with Gasteiger partial charge >= 0.3 is 0 Å². The first-order valence-electron chi connectivity index (χ1n) is 10.5. The van der Waals surface area contributed by atoms with E-state index in [-0.39, 0.29) is 23.2 Å². The predicted molar refractivity (Wildman–Crippen MR) is 126 cm³/mol. The second-order valence-electron chi connectivity index (χ2n) is 7.94. The lowest BCUT2D eigenvalue weighted by molar-refractivity contribution is -0.123. The number of hydrogen-bond acceptors (Lipinski definition) is 4.